The molecule has 1 heterocycles. The Morgan fingerprint density at radius 3 is 2.38 bits per heavy atom. The molecule has 0 aromatic heterocycles. The molecule has 0 aromatic rings. The molecule has 1 aliphatic heterocycles. The summed E-state index contributed by atoms with van der Waals surface area (Å²) in [6.07, 6.45) is 2.04. The molecule has 0 N–H and O–H groups in total. The summed E-state index contributed by atoms with van der Waals surface area (Å²) in [6.45, 7) is 3.59. The largest absolute Gasteiger partial charge is 1.00 e. The molecule has 1 rings (SSSR count). The van der Waals surface area contributed by atoms with Gasteiger partial charge in [0.2, 0.25) is 5.79 Å². The Balaban J connectivity index is 0.00000144. The van der Waals surface area contributed by atoms with Crippen molar-refractivity contribution in [2.45, 2.75) is 38.9 Å². The van der Waals surface area contributed by atoms with E-state index in [9.17, 15) is 9.90 Å². The monoisotopic (exact) mass is 196 g/mol. The number of carboxylic acid groups (broad SMARTS) is 1. The molecule has 0 saturated carbocycles. The second-order valence-corrected chi connectivity index (χ2v) is 3.25. The minimum Gasteiger partial charge on any atom is -0.550 e. The van der Waals surface area contributed by atoms with E-state index in [1.807, 2.05) is 6.92 Å². The average molecular weight is 196 g/mol. The van der Waals surface area contributed by atoms with Crippen molar-refractivity contribution >= 4 is 5.97 Å². The van der Waals surface area contributed by atoms with E-state index in [0.717, 1.165) is 12.8 Å². The first-order chi connectivity index (χ1) is 5.59. The van der Waals surface area contributed by atoms with E-state index in [2.05, 4.69) is 0 Å². The summed E-state index contributed by atoms with van der Waals surface area (Å²) >= 11 is 0. The van der Waals surface area contributed by atoms with E-state index < -0.39 is 17.7 Å². The van der Waals surface area contributed by atoms with Crippen molar-refractivity contribution in [2.24, 2.45) is 5.92 Å². The van der Waals surface area contributed by atoms with E-state index in [4.69, 9.17) is 9.78 Å². The van der Waals surface area contributed by atoms with Gasteiger partial charge < -0.3 is 9.90 Å². The first-order valence-corrected chi connectivity index (χ1v) is 4.17. The second-order valence-electron chi connectivity index (χ2n) is 3.25. The summed E-state index contributed by atoms with van der Waals surface area (Å²) in [6, 6.07) is 0. The number of aliphatic carboxylic acids is 1. The maximum Gasteiger partial charge on any atom is 1.00 e. The van der Waals surface area contributed by atoms with Gasteiger partial charge in [-0.15, -0.1) is 0 Å². The van der Waals surface area contributed by atoms with Crippen molar-refractivity contribution < 1.29 is 49.2 Å². The van der Waals surface area contributed by atoms with E-state index in [-0.39, 0.29) is 29.6 Å². The van der Waals surface area contributed by atoms with Crippen LogP contribution in [0.3, 0.4) is 0 Å². The van der Waals surface area contributed by atoms with Crippen LogP contribution in [-0.4, -0.2) is 11.8 Å². The van der Waals surface area contributed by atoms with E-state index >= 15 is 0 Å². The predicted octanol–water partition coefficient (Wildman–Crippen LogP) is -2.78. The van der Waals surface area contributed by atoms with Crippen molar-refractivity contribution in [3.8, 4) is 0 Å². The first-order valence-electron chi connectivity index (χ1n) is 4.17. The van der Waals surface area contributed by atoms with Crippen LogP contribution in [-0.2, 0) is 14.6 Å². The summed E-state index contributed by atoms with van der Waals surface area (Å²) in [5, 5.41) is 10.4. The van der Waals surface area contributed by atoms with Crippen molar-refractivity contribution in [1.82, 2.24) is 0 Å². The first kappa shape index (κ1) is 13.4. The van der Waals surface area contributed by atoms with Gasteiger partial charge in [-0.25, -0.2) is 0 Å². The van der Waals surface area contributed by atoms with Gasteiger partial charge in [0.1, 0.15) is 0 Å². The summed E-state index contributed by atoms with van der Waals surface area (Å²) in [4.78, 5) is 19.9. The molecule has 1 aliphatic rings. The maximum absolute atomic E-state index is 10.4. The standard InChI is InChI=1S/C8H14O4.Na/c1-3-4-8(11-12-8)5-6(2)7(9)10;/h6H,3-5H2,1-2H3,(H,9,10);/q;+1/p-1. The zero-order chi connectivity index (χ0) is 9.19. The van der Waals surface area contributed by atoms with Crippen LogP contribution >= 0.6 is 0 Å². The Morgan fingerprint density at radius 2 is 2.08 bits per heavy atom. The van der Waals surface area contributed by atoms with Crippen LogP contribution in [0.5, 0.6) is 0 Å². The number of hydrogen-bond acceptors (Lipinski definition) is 4. The number of rotatable bonds is 5. The number of hydrogen-bond donors (Lipinski definition) is 0. The molecule has 0 amide bonds. The molecular formula is C8H13NaO4. The van der Waals surface area contributed by atoms with E-state index in [0.29, 0.717) is 6.42 Å². The van der Waals surface area contributed by atoms with Gasteiger partial charge >= 0.3 is 29.6 Å². The van der Waals surface area contributed by atoms with Gasteiger partial charge in [0.05, 0.1) is 0 Å². The van der Waals surface area contributed by atoms with Crippen LogP contribution in [0.2, 0.25) is 0 Å². The fourth-order valence-electron chi connectivity index (χ4n) is 1.24. The van der Waals surface area contributed by atoms with E-state index in [1.165, 1.54) is 0 Å². The van der Waals surface area contributed by atoms with Crippen LogP contribution < -0.4 is 34.7 Å². The Kier molecular flexibility index (Phi) is 5.47. The van der Waals surface area contributed by atoms with Gasteiger partial charge in [-0.1, -0.05) is 20.3 Å². The molecule has 4 nitrogen and oxygen atoms in total. The third-order valence-corrected chi connectivity index (χ3v) is 1.97. The summed E-state index contributed by atoms with van der Waals surface area (Å²) in [7, 11) is 0. The Hall–Kier alpha value is 0.390. The van der Waals surface area contributed by atoms with Crippen LogP contribution in [0.15, 0.2) is 0 Å². The van der Waals surface area contributed by atoms with Crippen LogP contribution in [0.25, 0.3) is 0 Å². The third-order valence-electron chi connectivity index (χ3n) is 1.97. The van der Waals surface area contributed by atoms with E-state index in [1.54, 1.807) is 6.92 Å². The fourth-order valence-corrected chi connectivity index (χ4v) is 1.24. The van der Waals surface area contributed by atoms with Gasteiger partial charge in [0, 0.05) is 24.7 Å². The zero-order valence-corrected chi connectivity index (χ0v) is 10.3. The summed E-state index contributed by atoms with van der Waals surface area (Å²) in [5.41, 5.74) is 0. The number of carbonyl (C=O) groups is 1. The van der Waals surface area contributed by atoms with Gasteiger partial charge in [-0.3, -0.25) is 0 Å². The Bertz CT molecular complexity index is 179. The molecule has 0 radical (unpaired) electrons. The summed E-state index contributed by atoms with van der Waals surface area (Å²) < 4.78 is 0. The van der Waals surface area contributed by atoms with Gasteiger partial charge in [0.25, 0.3) is 0 Å². The van der Waals surface area contributed by atoms with Gasteiger partial charge in [0.15, 0.2) is 0 Å². The van der Waals surface area contributed by atoms with Crippen LogP contribution in [0.4, 0.5) is 0 Å². The smallest absolute Gasteiger partial charge is 0.550 e. The molecule has 1 saturated heterocycles. The quantitative estimate of drug-likeness (QED) is 0.271. The zero-order valence-electron chi connectivity index (χ0n) is 8.33. The van der Waals surface area contributed by atoms with Gasteiger partial charge in [-0.2, -0.15) is 9.78 Å². The second kappa shape index (κ2) is 5.32. The molecular weight excluding hydrogens is 183 g/mol. The topological polar surface area (TPSA) is 65.2 Å². The predicted molar refractivity (Wildman–Crippen MR) is 38.6 cm³/mol. The fraction of sp³-hybridized carbons (Fsp3) is 0.875. The third kappa shape index (κ3) is 3.95. The molecule has 1 atom stereocenters. The van der Waals surface area contributed by atoms with Crippen LogP contribution in [0.1, 0.15) is 33.1 Å². The number of carbonyl (C=O) groups excluding carboxylic acids is 1. The minimum atomic E-state index is -1.05. The molecule has 0 aliphatic carbocycles. The van der Waals surface area contributed by atoms with Crippen molar-refractivity contribution in [2.75, 3.05) is 0 Å². The average Bonchev–Trinajstić information content (AvgIpc) is 2.69. The van der Waals surface area contributed by atoms with Crippen molar-refractivity contribution in [3.63, 3.8) is 0 Å². The van der Waals surface area contributed by atoms with Gasteiger partial charge in [-0.05, 0) is 0 Å². The molecule has 0 bridgehead atoms. The molecule has 0 aromatic carbocycles. The molecule has 13 heavy (non-hydrogen) atoms. The normalized spacial score (nSPS) is 20.2. The Labute approximate surface area is 99.8 Å². The van der Waals surface area contributed by atoms with Crippen molar-refractivity contribution in [1.29, 1.82) is 0 Å². The maximum atomic E-state index is 10.4. The van der Waals surface area contributed by atoms with Crippen LogP contribution in [0, 0.1) is 5.92 Å². The molecule has 1 fully saturated rings. The van der Waals surface area contributed by atoms with Crippen molar-refractivity contribution in [3.05, 3.63) is 0 Å². The molecule has 70 valence electrons. The summed E-state index contributed by atoms with van der Waals surface area (Å²) in [5.74, 6) is -2.18. The Morgan fingerprint density at radius 1 is 1.54 bits per heavy atom. The SMILES string of the molecule is CCCC1(CC(C)C(=O)[O-])OO1.[Na+]. The molecule has 5 heteroatoms. The molecule has 0 spiro atoms. The number of carboxylic acids is 1. The molecule has 1 unspecified atom stereocenters. The minimum absolute atomic E-state index is 0.